The monoisotopic (exact) mass is 642 g/mol. The van der Waals surface area contributed by atoms with E-state index in [-0.39, 0.29) is 46.3 Å². The number of ether oxygens (including phenoxy) is 1. The summed E-state index contributed by atoms with van der Waals surface area (Å²) in [5, 5.41) is 2.98. The summed E-state index contributed by atoms with van der Waals surface area (Å²) in [5.74, 6) is -0.914. The van der Waals surface area contributed by atoms with E-state index >= 15 is 0 Å². The first kappa shape index (κ1) is 30.1. The summed E-state index contributed by atoms with van der Waals surface area (Å²) in [6.45, 7) is -0.883. The van der Waals surface area contributed by atoms with Crippen LogP contribution in [0.2, 0.25) is 5.02 Å². The summed E-state index contributed by atoms with van der Waals surface area (Å²) < 4.78 is 33.4. The number of aryl methyl sites for hydroxylation is 2. The molecule has 6 nitrogen and oxygen atoms in total. The van der Waals surface area contributed by atoms with Gasteiger partial charge in [0.1, 0.15) is 12.4 Å². The van der Waals surface area contributed by atoms with Crippen molar-refractivity contribution in [3.05, 3.63) is 116 Å². The van der Waals surface area contributed by atoms with Crippen LogP contribution >= 0.6 is 27.5 Å². The lowest BCUT2D eigenvalue weighted by atomic mass is 9.97. The molecule has 0 aliphatic rings. The Balaban J connectivity index is 1.51. The van der Waals surface area contributed by atoms with Crippen LogP contribution in [0.4, 0.5) is 14.5 Å². The van der Waals surface area contributed by atoms with Crippen molar-refractivity contribution in [1.82, 2.24) is 4.57 Å². The number of benzene rings is 3. The lowest BCUT2D eigenvalue weighted by Gasteiger charge is -2.14. The minimum absolute atomic E-state index is 0.0107. The fourth-order valence-corrected chi connectivity index (χ4v) is 4.72. The molecule has 1 N–H and O–H groups in total. The molecule has 1 heterocycles. The number of carbonyl (C=O) groups excluding carboxylic acids is 3. The summed E-state index contributed by atoms with van der Waals surface area (Å²) in [6.07, 6.45) is -0.323. The van der Waals surface area contributed by atoms with Crippen LogP contribution in [0.15, 0.2) is 83.5 Å². The largest absolute Gasteiger partial charge is 0.487 e. The van der Waals surface area contributed by atoms with Crippen molar-refractivity contribution >= 4 is 50.7 Å². The second-order valence-corrected chi connectivity index (χ2v) is 10.7. The normalized spacial score (nSPS) is 11.0. The molecule has 212 valence electrons. The van der Waals surface area contributed by atoms with E-state index < -0.39 is 18.9 Å². The number of aromatic nitrogens is 1. The van der Waals surface area contributed by atoms with Gasteiger partial charge >= 0.3 is 0 Å². The van der Waals surface area contributed by atoms with Gasteiger partial charge < -0.3 is 14.6 Å². The molecular formula is C31H26BrClF2N2O4. The number of anilines is 1. The average Bonchev–Trinajstić information content (AvgIpc) is 3.38. The number of rotatable bonds is 12. The highest BCUT2D eigenvalue weighted by Crippen LogP contribution is 2.26. The van der Waals surface area contributed by atoms with E-state index in [0.717, 1.165) is 10.0 Å². The molecule has 10 heteroatoms. The number of Topliss-reactive ketones (excluding diaryl/α,β-unsaturated/α-hetero) is 2. The molecule has 0 atom stereocenters. The van der Waals surface area contributed by atoms with Crippen LogP contribution in [0.25, 0.3) is 0 Å². The van der Waals surface area contributed by atoms with Crippen molar-refractivity contribution in [2.75, 3.05) is 11.9 Å². The van der Waals surface area contributed by atoms with E-state index in [2.05, 4.69) is 21.2 Å². The lowest BCUT2D eigenvalue weighted by molar-refractivity contribution is 0.0803. The van der Waals surface area contributed by atoms with E-state index in [0.29, 0.717) is 23.4 Å². The Hall–Kier alpha value is -3.82. The number of carbonyl (C=O) groups is 3. The molecule has 1 amide bonds. The Morgan fingerprint density at radius 2 is 1.66 bits per heavy atom. The molecule has 0 aliphatic carbocycles. The van der Waals surface area contributed by atoms with E-state index in [1.54, 1.807) is 78.5 Å². The highest BCUT2D eigenvalue weighted by Gasteiger charge is 2.19. The number of nitrogens with zero attached hydrogens (tertiary/aromatic N) is 1. The van der Waals surface area contributed by atoms with Gasteiger partial charge in [0.2, 0.25) is 0 Å². The average molecular weight is 644 g/mol. The number of alkyl halides is 2. The number of nitrogens with one attached hydrogen (secondary N) is 1. The van der Waals surface area contributed by atoms with E-state index in [4.69, 9.17) is 16.3 Å². The van der Waals surface area contributed by atoms with Crippen LogP contribution in [0.5, 0.6) is 5.75 Å². The van der Waals surface area contributed by atoms with Gasteiger partial charge in [-0.2, -0.15) is 0 Å². The zero-order chi connectivity index (χ0) is 29.5. The minimum atomic E-state index is -2.73. The number of ketones is 2. The Kier molecular flexibility index (Phi) is 10.1. The lowest BCUT2D eigenvalue weighted by Crippen LogP contribution is -2.16. The predicted octanol–water partition coefficient (Wildman–Crippen LogP) is 7.58. The maximum absolute atomic E-state index is 13.3. The van der Waals surface area contributed by atoms with Crippen LogP contribution in [0.1, 0.15) is 48.8 Å². The third-order valence-corrected chi connectivity index (χ3v) is 7.18. The summed E-state index contributed by atoms with van der Waals surface area (Å²) in [4.78, 5) is 38.9. The molecule has 1 aromatic heterocycles. The Labute approximate surface area is 249 Å². The maximum Gasteiger partial charge on any atom is 0.272 e. The summed E-state index contributed by atoms with van der Waals surface area (Å²) in [5.41, 5.74) is 2.66. The number of amides is 1. The molecule has 0 spiro atoms. The number of hydrogen-bond donors (Lipinski definition) is 1. The Morgan fingerprint density at radius 3 is 2.34 bits per heavy atom. The highest BCUT2D eigenvalue weighted by molar-refractivity contribution is 9.10. The molecule has 4 aromatic rings. The number of hydrogen-bond acceptors (Lipinski definition) is 4. The molecule has 41 heavy (non-hydrogen) atoms. The highest BCUT2D eigenvalue weighted by atomic mass is 79.9. The van der Waals surface area contributed by atoms with Gasteiger partial charge in [0, 0.05) is 41.8 Å². The van der Waals surface area contributed by atoms with Crippen LogP contribution in [-0.4, -0.2) is 35.1 Å². The van der Waals surface area contributed by atoms with Gasteiger partial charge in [-0.15, -0.1) is 0 Å². The van der Waals surface area contributed by atoms with Crippen LogP contribution in [0, 0.1) is 0 Å². The van der Waals surface area contributed by atoms with Gasteiger partial charge in [-0.3, -0.25) is 14.4 Å². The first-order valence-electron chi connectivity index (χ1n) is 12.7. The maximum atomic E-state index is 13.3. The summed E-state index contributed by atoms with van der Waals surface area (Å²) in [6, 6.07) is 19.9. The molecule has 0 unspecified atom stereocenters. The second-order valence-electron chi connectivity index (χ2n) is 9.34. The second kappa shape index (κ2) is 13.7. The Morgan fingerprint density at radius 1 is 0.951 bits per heavy atom. The third kappa shape index (κ3) is 8.11. The molecular weight excluding hydrogens is 618 g/mol. The zero-order valence-electron chi connectivity index (χ0n) is 22.0. The fraction of sp³-hybridized carbons (Fsp3) is 0.194. The van der Waals surface area contributed by atoms with Crippen LogP contribution in [0.3, 0.4) is 0 Å². The van der Waals surface area contributed by atoms with Crippen molar-refractivity contribution in [1.29, 1.82) is 0 Å². The fourth-order valence-electron chi connectivity index (χ4n) is 4.23. The van der Waals surface area contributed by atoms with E-state index in [1.807, 2.05) is 0 Å². The molecule has 0 bridgehead atoms. The van der Waals surface area contributed by atoms with Gasteiger partial charge in [0.05, 0.1) is 16.3 Å². The third-order valence-electron chi connectivity index (χ3n) is 6.32. The van der Waals surface area contributed by atoms with E-state index in [9.17, 15) is 23.2 Å². The SMILES string of the molecule is Cn1cccc1C(=O)CCc1ccc(Cl)c(C(=O)Cc2ccc(OCC(F)F)c(C(=O)Nc3ccc(Br)cc3)c2)c1. The summed E-state index contributed by atoms with van der Waals surface area (Å²) >= 11 is 9.68. The van der Waals surface area contributed by atoms with Crippen LogP contribution in [-0.2, 0) is 19.9 Å². The van der Waals surface area contributed by atoms with E-state index in [1.165, 1.54) is 12.1 Å². The topological polar surface area (TPSA) is 77.4 Å². The van der Waals surface area contributed by atoms with Crippen molar-refractivity contribution in [3.63, 3.8) is 0 Å². The number of halogens is 4. The van der Waals surface area contributed by atoms with Crippen LogP contribution < -0.4 is 10.1 Å². The molecule has 0 aliphatic heterocycles. The Bertz CT molecular complexity index is 1570. The standard InChI is InChI=1S/C31H26BrClF2N2O4/c1-37-14-2-3-26(37)27(38)12-5-19-4-11-25(33)23(15-19)28(39)17-20-6-13-29(41-18-30(34)35)24(16-20)31(40)36-22-9-7-21(32)8-10-22/h2-4,6-11,13-16,30H,5,12,17-18H2,1H3,(H,36,40). The minimum Gasteiger partial charge on any atom is -0.487 e. The molecule has 4 rings (SSSR count). The first-order valence-corrected chi connectivity index (χ1v) is 13.8. The van der Waals surface area contributed by atoms with Gasteiger partial charge in [0.25, 0.3) is 12.3 Å². The zero-order valence-corrected chi connectivity index (χ0v) is 24.3. The molecule has 3 aromatic carbocycles. The van der Waals surface area contributed by atoms with Crippen molar-refractivity contribution in [3.8, 4) is 5.75 Å². The molecule has 0 saturated carbocycles. The van der Waals surface area contributed by atoms with Gasteiger partial charge in [-0.1, -0.05) is 39.7 Å². The molecule has 0 radical (unpaired) electrons. The summed E-state index contributed by atoms with van der Waals surface area (Å²) in [7, 11) is 1.81. The quantitative estimate of drug-likeness (QED) is 0.162. The van der Waals surface area contributed by atoms with Crippen molar-refractivity contribution in [2.45, 2.75) is 25.7 Å². The van der Waals surface area contributed by atoms with Crippen molar-refractivity contribution < 1.29 is 27.9 Å². The van der Waals surface area contributed by atoms with Gasteiger partial charge in [-0.25, -0.2) is 8.78 Å². The molecule has 0 fully saturated rings. The molecule has 0 saturated heterocycles. The van der Waals surface area contributed by atoms with Gasteiger partial charge in [-0.05, 0) is 78.2 Å². The predicted molar refractivity (Wildman–Crippen MR) is 158 cm³/mol. The smallest absolute Gasteiger partial charge is 0.272 e. The first-order chi connectivity index (χ1) is 19.6. The van der Waals surface area contributed by atoms with Crippen molar-refractivity contribution in [2.24, 2.45) is 7.05 Å². The van der Waals surface area contributed by atoms with Gasteiger partial charge in [0.15, 0.2) is 11.6 Å².